The predicted octanol–water partition coefficient (Wildman–Crippen LogP) is 3.60. The summed E-state index contributed by atoms with van der Waals surface area (Å²) in [4.78, 5) is 38.7. The van der Waals surface area contributed by atoms with Gasteiger partial charge in [0, 0.05) is 31.0 Å². The molecule has 2 amide bonds. The van der Waals surface area contributed by atoms with E-state index in [9.17, 15) is 14.4 Å². The summed E-state index contributed by atoms with van der Waals surface area (Å²) in [7, 11) is 1.96. The van der Waals surface area contributed by atoms with Crippen molar-refractivity contribution in [2.75, 3.05) is 20.2 Å². The lowest BCUT2D eigenvalue weighted by atomic mass is 9.98. The number of rotatable bonds is 11. The highest BCUT2D eigenvalue weighted by molar-refractivity contribution is 5.86. The van der Waals surface area contributed by atoms with Crippen LogP contribution in [0.1, 0.15) is 50.7 Å². The van der Waals surface area contributed by atoms with Crippen molar-refractivity contribution in [3.05, 3.63) is 59.7 Å². The number of carbonyl (C=O) groups is 3. The van der Waals surface area contributed by atoms with Crippen LogP contribution in [-0.4, -0.2) is 66.3 Å². The van der Waals surface area contributed by atoms with Gasteiger partial charge < -0.3 is 25.4 Å². The minimum Gasteiger partial charge on any atom is -0.481 e. The largest absolute Gasteiger partial charge is 0.481 e. The smallest absolute Gasteiger partial charge is 0.407 e. The molecule has 0 bridgehead atoms. The summed E-state index contributed by atoms with van der Waals surface area (Å²) in [5, 5.41) is 14.5. The number of alkyl carbamates (subject to hydrolysis) is 1. The Morgan fingerprint density at radius 3 is 2.09 bits per heavy atom. The standard InChI is InChI=1S/C27H35N3O5/c1-17(2)30(4)15-18(3)28-26(33)24(13-14-25(31)32)29-27(34)35-16-23-21-11-7-5-9-19(21)20-10-6-8-12-22(20)23/h5-12,17-18,23-24H,13-16H2,1-4H3,(H,28,33)(H,29,34)(H,31,32). The minimum atomic E-state index is -1.04. The number of ether oxygens (including phenoxy) is 1. The molecule has 0 aromatic heterocycles. The summed E-state index contributed by atoms with van der Waals surface area (Å²) in [5.74, 6) is -1.57. The molecule has 0 fully saturated rings. The number of fused-ring (bicyclic) bond motifs is 3. The highest BCUT2D eigenvalue weighted by Gasteiger charge is 2.30. The van der Waals surface area contributed by atoms with Crippen molar-refractivity contribution in [1.29, 1.82) is 0 Å². The van der Waals surface area contributed by atoms with Crippen LogP contribution < -0.4 is 10.6 Å². The van der Waals surface area contributed by atoms with Crippen LogP contribution in [0.3, 0.4) is 0 Å². The maximum atomic E-state index is 12.8. The van der Waals surface area contributed by atoms with E-state index in [1.54, 1.807) is 0 Å². The predicted molar refractivity (Wildman–Crippen MR) is 134 cm³/mol. The van der Waals surface area contributed by atoms with Gasteiger partial charge in [-0.15, -0.1) is 0 Å². The van der Waals surface area contributed by atoms with Crippen LogP contribution in [0.2, 0.25) is 0 Å². The molecular weight excluding hydrogens is 446 g/mol. The van der Waals surface area contributed by atoms with Gasteiger partial charge >= 0.3 is 12.1 Å². The molecule has 0 aliphatic heterocycles. The third kappa shape index (κ3) is 6.82. The zero-order valence-electron chi connectivity index (χ0n) is 20.8. The van der Waals surface area contributed by atoms with Crippen molar-refractivity contribution in [2.24, 2.45) is 0 Å². The van der Waals surface area contributed by atoms with E-state index in [1.165, 1.54) is 0 Å². The number of nitrogens with zero attached hydrogens (tertiary/aromatic N) is 1. The molecular formula is C27H35N3O5. The Labute approximate surface area is 206 Å². The zero-order chi connectivity index (χ0) is 25.5. The van der Waals surface area contributed by atoms with E-state index >= 15 is 0 Å². The first-order chi connectivity index (χ1) is 16.7. The topological polar surface area (TPSA) is 108 Å². The Kier molecular flexibility index (Phi) is 8.87. The van der Waals surface area contributed by atoms with Gasteiger partial charge in [-0.25, -0.2) is 4.79 Å². The number of hydrogen-bond donors (Lipinski definition) is 3. The molecule has 0 saturated carbocycles. The fraction of sp³-hybridized carbons (Fsp3) is 0.444. The molecule has 0 spiro atoms. The van der Waals surface area contributed by atoms with Gasteiger partial charge in [0.2, 0.25) is 5.91 Å². The van der Waals surface area contributed by atoms with E-state index in [1.807, 2.05) is 50.4 Å². The number of carboxylic acid groups (broad SMARTS) is 1. The Hall–Kier alpha value is -3.39. The summed E-state index contributed by atoms with van der Waals surface area (Å²) < 4.78 is 5.54. The van der Waals surface area contributed by atoms with Gasteiger partial charge in [0.1, 0.15) is 12.6 Å². The molecule has 0 heterocycles. The van der Waals surface area contributed by atoms with Gasteiger partial charge in [-0.05, 0) is 56.5 Å². The number of nitrogens with one attached hydrogen (secondary N) is 2. The van der Waals surface area contributed by atoms with Gasteiger partial charge in [-0.1, -0.05) is 48.5 Å². The first kappa shape index (κ1) is 26.2. The summed E-state index contributed by atoms with van der Waals surface area (Å²) in [5.41, 5.74) is 4.42. The highest BCUT2D eigenvalue weighted by Crippen LogP contribution is 2.44. The first-order valence-corrected chi connectivity index (χ1v) is 12.0. The number of carbonyl (C=O) groups excluding carboxylic acids is 2. The number of carboxylic acids is 1. The lowest BCUT2D eigenvalue weighted by Gasteiger charge is -2.27. The molecule has 3 N–H and O–H groups in total. The van der Waals surface area contributed by atoms with Crippen molar-refractivity contribution < 1.29 is 24.2 Å². The second-order valence-corrected chi connectivity index (χ2v) is 9.40. The SMILES string of the molecule is CC(CN(C)C(C)C)NC(=O)C(CCC(=O)O)NC(=O)OCC1c2ccccc2-c2ccccc21. The highest BCUT2D eigenvalue weighted by atomic mass is 16.5. The first-order valence-electron chi connectivity index (χ1n) is 12.0. The van der Waals surface area contributed by atoms with Gasteiger partial charge in [0.05, 0.1) is 0 Å². The number of likely N-dealkylation sites (N-methyl/N-ethyl adjacent to an activating group) is 1. The number of aliphatic carboxylic acids is 1. The zero-order valence-corrected chi connectivity index (χ0v) is 20.8. The molecule has 2 unspecified atom stereocenters. The maximum absolute atomic E-state index is 12.8. The van der Waals surface area contributed by atoms with Gasteiger partial charge in [0.25, 0.3) is 0 Å². The second-order valence-electron chi connectivity index (χ2n) is 9.40. The quantitative estimate of drug-likeness (QED) is 0.453. The van der Waals surface area contributed by atoms with E-state index in [4.69, 9.17) is 9.84 Å². The van der Waals surface area contributed by atoms with Gasteiger partial charge in [0.15, 0.2) is 0 Å². The molecule has 1 aliphatic rings. The summed E-state index contributed by atoms with van der Waals surface area (Å²) >= 11 is 0. The molecule has 2 aromatic rings. The molecule has 0 radical (unpaired) electrons. The molecule has 3 rings (SSSR count). The van der Waals surface area contributed by atoms with E-state index in [0.29, 0.717) is 12.6 Å². The van der Waals surface area contributed by atoms with Crippen molar-refractivity contribution in [3.8, 4) is 11.1 Å². The summed E-state index contributed by atoms with van der Waals surface area (Å²) in [6.45, 7) is 6.73. The molecule has 8 heteroatoms. The molecule has 35 heavy (non-hydrogen) atoms. The Bertz CT molecular complexity index is 1010. The number of amides is 2. The van der Waals surface area contributed by atoms with Crippen LogP contribution >= 0.6 is 0 Å². The maximum Gasteiger partial charge on any atom is 0.407 e. The third-order valence-corrected chi connectivity index (χ3v) is 6.43. The molecule has 2 aromatic carbocycles. The Balaban J connectivity index is 1.63. The summed E-state index contributed by atoms with van der Waals surface area (Å²) in [6, 6.07) is 15.2. The molecule has 8 nitrogen and oxygen atoms in total. The Morgan fingerprint density at radius 1 is 0.971 bits per heavy atom. The second kappa shape index (κ2) is 11.8. The van der Waals surface area contributed by atoms with E-state index < -0.39 is 24.0 Å². The fourth-order valence-corrected chi connectivity index (χ4v) is 4.35. The molecule has 2 atom stereocenters. The molecule has 188 valence electrons. The average Bonchev–Trinajstić information content (AvgIpc) is 3.13. The van der Waals surface area contributed by atoms with Crippen LogP contribution in [0.15, 0.2) is 48.5 Å². The van der Waals surface area contributed by atoms with Crippen LogP contribution in [0.5, 0.6) is 0 Å². The van der Waals surface area contributed by atoms with Crippen LogP contribution in [0, 0.1) is 0 Å². The van der Waals surface area contributed by atoms with E-state index in [2.05, 4.69) is 41.5 Å². The number of hydrogen-bond acceptors (Lipinski definition) is 5. The number of benzene rings is 2. The van der Waals surface area contributed by atoms with Crippen molar-refractivity contribution in [3.63, 3.8) is 0 Å². The van der Waals surface area contributed by atoms with Crippen molar-refractivity contribution in [1.82, 2.24) is 15.5 Å². The average molecular weight is 482 g/mol. The Morgan fingerprint density at radius 2 is 1.54 bits per heavy atom. The van der Waals surface area contributed by atoms with Crippen LogP contribution in [0.25, 0.3) is 11.1 Å². The van der Waals surface area contributed by atoms with E-state index in [0.717, 1.165) is 22.3 Å². The van der Waals surface area contributed by atoms with Crippen molar-refractivity contribution in [2.45, 2.75) is 57.7 Å². The lowest BCUT2D eigenvalue weighted by molar-refractivity contribution is -0.137. The van der Waals surface area contributed by atoms with E-state index in [-0.39, 0.29) is 31.4 Å². The van der Waals surface area contributed by atoms with Crippen molar-refractivity contribution >= 4 is 18.0 Å². The third-order valence-electron chi connectivity index (χ3n) is 6.43. The minimum absolute atomic E-state index is 0.0297. The lowest BCUT2D eigenvalue weighted by Crippen LogP contribution is -2.51. The molecule has 0 saturated heterocycles. The van der Waals surface area contributed by atoms with Crippen LogP contribution in [0.4, 0.5) is 4.79 Å². The summed E-state index contributed by atoms with van der Waals surface area (Å²) in [6.07, 6.45) is -1.02. The normalized spacial score (nSPS) is 14.2. The monoisotopic (exact) mass is 481 g/mol. The van der Waals surface area contributed by atoms with Crippen LogP contribution in [-0.2, 0) is 14.3 Å². The molecule has 1 aliphatic carbocycles. The van der Waals surface area contributed by atoms with Gasteiger partial charge in [-0.3, -0.25) is 9.59 Å². The fourth-order valence-electron chi connectivity index (χ4n) is 4.35. The van der Waals surface area contributed by atoms with Gasteiger partial charge in [-0.2, -0.15) is 0 Å².